The molecule has 1 heteroatoms. The van der Waals surface area contributed by atoms with Crippen molar-refractivity contribution in [3.63, 3.8) is 0 Å². The van der Waals surface area contributed by atoms with Gasteiger partial charge in [-0.15, -0.1) is 0 Å². The van der Waals surface area contributed by atoms with E-state index in [4.69, 9.17) is 0 Å². The highest BCUT2D eigenvalue weighted by Crippen LogP contribution is 2.37. The molecule has 5 aromatic carbocycles. The first-order valence-corrected chi connectivity index (χ1v) is 14.0. The van der Waals surface area contributed by atoms with E-state index in [9.17, 15) is 0 Å². The van der Waals surface area contributed by atoms with Crippen molar-refractivity contribution in [2.45, 2.75) is 13.8 Å². The van der Waals surface area contributed by atoms with Crippen molar-refractivity contribution in [3.8, 4) is 0 Å². The molecule has 0 spiro atoms. The minimum Gasteiger partial charge on any atom is -0.310 e. The topological polar surface area (TPSA) is 3.24 Å². The van der Waals surface area contributed by atoms with Crippen LogP contribution < -0.4 is 4.90 Å². The zero-order chi connectivity index (χ0) is 28.3. The molecule has 0 radical (unpaired) electrons. The second-order valence-corrected chi connectivity index (χ2v) is 10.00. The van der Waals surface area contributed by atoms with E-state index >= 15 is 0 Å². The summed E-state index contributed by atoms with van der Waals surface area (Å²) in [5.41, 5.74) is 10.7. The largest absolute Gasteiger partial charge is 0.310 e. The smallest absolute Gasteiger partial charge is 0.0493 e. The maximum absolute atomic E-state index is 2.34. The molecule has 0 N–H and O–H groups in total. The zero-order valence-electron chi connectivity index (χ0n) is 23.7. The van der Waals surface area contributed by atoms with Gasteiger partial charge in [-0.25, -0.2) is 0 Å². The lowest BCUT2D eigenvalue weighted by molar-refractivity contribution is 1.22. The molecule has 0 bridgehead atoms. The van der Waals surface area contributed by atoms with Gasteiger partial charge in [-0.05, 0) is 77.6 Å². The van der Waals surface area contributed by atoms with Crippen LogP contribution in [-0.2, 0) is 0 Å². The average molecular weight is 530 g/mol. The summed E-state index contributed by atoms with van der Waals surface area (Å²) in [5, 5.41) is 0. The quantitative estimate of drug-likeness (QED) is 0.172. The van der Waals surface area contributed by atoms with Crippen molar-refractivity contribution in [3.05, 3.63) is 185 Å². The Hall–Kier alpha value is -5.14. The van der Waals surface area contributed by atoms with Gasteiger partial charge >= 0.3 is 0 Å². The predicted molar refractivity (Wildman–Crippen MR) is 180 cm³/mol. The van der Waals surface area contributed by atoms with Gasteiger partial charge in [-0.2, -0.15) is 0 Å². The lowest BCUT2D eigenvalue weighted by atomic mass is 10.0. The molecule has 5 rings (SSSR count). The van der Waals surface area contributed by atoms with Gasteiger partial charge in [0.2, 0.25) is 0 Å². The lowest BCUT2D eigenvalue weighted by Gasteiger charge is -2.28. The SMILES string of the molecule is Cc1cccc(N(c2ccc(/C=C/C=C/c3ccccc3)cc2)c2ccc(/C=C/C=C/c3ccccc3)cc2)c1C. The van der Waals surface area contributed by atoms with Gasteiger partial charge in [0.15, 0.2) is 0 Å². The molecule has 0 unspecified atom stereocenters. The number of benzene rings is 5. The van der Waals surface area contributed by atoms with Crippen molar-refractivity contribution in [1.29, 1.82) is 0 Å². The normalized spacial score (nSPS) is 11.8. The average Bonchev–Trinajstić information content (AvgIpc) is 3.02. The molecule has 0 aliphatic heterocycles. The monoisotopic (exact) mass is 529 g/mol. The highest BCUT2D eigenvalue weighted by molar-refractivity contribution is 5.80. The Bertz CT molecular complexity index is 1550. The minimum atomic E-state index is 1.13. The van der Waals surface area contributed by atoms with E-state index in [-0.39, 0.29) is 0 Å². The fourth-order valence-corrected chi connectivity index (χ4v) is 4.67. The van der Waals surface area contributed by atoms with Gasteiger partial charge in [0.05, 0.1) is 0 Å². The van der Waals surface area contributed by atoms with Gasteiger partial charge in [-0.1, -0.05) is 146 Å². The van der Waals surface area contributed by atoms with E-state index in [0.29, 0.717) is 0 Å². The van der Waals surface area contributed by atoms with E-state index in [2.05, 4.69) is 183 Å². The van der Waals surface area contributed by atoms with E-state index < -0.39 is 0 Å². The number of nitrogens with zero attached hydrogens (tertiary/aromatic N) is 1. The van der Waals surface area contributed by atoms with Crippen LogP contribution in [0.4, 0.5) is 17.1 Å². The standard InChI is InChI=1S/C40H35N/c1-32-14-13-23-40(33(32)2)41(38-28-24-36(25-29-38)21-11-9-19-34-15-5-3-6-16-34)39-30-26-37(27-31-39)22-12-10-20-35-17-7-4-8-18-35/h3-31H,1-2H3/b19-9+,20-10+,21-11+,22-12+. The van der Waals surface area contributed by atoms with Crippen molar-refractivity contribution >= 4 is 41.4 Å². The summed E-state index contributed by atoms with van der Waals surface area (Å²) in [6.07, 6.45) is 16.9. The number of hydrogen-bond donors (Lipinski definition) is 0. The number of hydrogen-bond acceptors (Lipinski definition) is 1. The summed E-state index contributed by atoms with van der Waals surface area (Å²) in [6.45, 7) is 4.37. The van der Waals surface area contributed by atoms with Gasteiger partial charge < -0.3 is 4.90 Å². The molecule has 0 aromatic heterocycles. The predicted octanol–water partition coefficient (Wildman–Crippen LogP) is 11.2. The van der Waals surface area contributed by atoms with Crippen molar-refractivity contribution in [2.24, 2.45) is 0 Å². The number of anilines is 3. The second kappa shape index (κ2) is 13.8. The number of aryl methyl sites for hydroxylation is 1. The van der Waals surface area contributed by atoms with Crippen LogP contribution in [0, 0.1) is 13.8 Å². The van der Waals surface area contributed by atoms with E-state index in [0.717, 1.165) is 22.5 Å². The van der Waals surface area contributed by atoms with Gasteiger partial charge in [0, 0.05) is 17.1 Å². The Labute approximate surface area is 244 Å². The molecule has 0 atom stereocenters. The first-order valence-electron chi connectivity index (χ1n) is 14.0. The van der Waals surface area contributed by atoms with Crippen LogP contribution in [0.2, 0.25) is 0 Å². The first-order chi connectivity index (χ1) is 20.2. The summed E-state index contributed by atoms with van der Waals surface area (Å²) in [6, 6.07) is 44.7. The van der Waals surface area contributed by atoms with Crippen LogP contribution in [0.5, 0.6) is 0 Å². The third-order valence-corrected chi connectivity index (χ3v) is 7.10. The van der Waals surface area contributed by atoms with Crippen LogP contribution in [-0.4, -0.2) is 0 Å². The molecule has 41 heavy (non-hydrogen) atoms. The molecule has 1 nitrogen and oxygen atoms in total. The Kier molecular flexibility index (Phi) is 9.22. The molecule has 0 saturated heterocycles. The summed E-state index contributed by atoms with van der Waals surface area (Å²) in [7, 11) is 0. The third kappa shape index (κ3) is 7.50. The Morgan fingerprint density at radius 2 is 0.780 bits per heavy atom. The highest BCUT2D eigenvalue weighted by Gasteiger charge is 2.15. The summed E-state index contributed by atoms with van der Waals surface area (Å²) < 4.78 is 0. The zero-order valence-corrected chi connectivity index (χ0v) is 23.7. The fraction of sp³-hybridized carbons (Fsp3) is 0.0500. The molecule has 0 aliphatic rings. The van der Waals surface area contributed by atoms with Crippen LogP contribution >= 0.6 is 0 Å². The molecular formula is C40H35N. The Balaban J connectivity index is 1.36. The summed E-state index contributed by atoms with van der Waals surface area (Å²) in [5.74, 6) is 0. The maximum Gasteiger partial charge on any atom is 0.0493 e. The van der Waals surface area contributed by atoms with Crippen LogP contribution in [0.15, 0.2) is 152 Å². The van der Waals surface area contributed by atoms with Crippen molar-refractivity contribution < 1.29 is 0 Å². The fourth-order valence-electron chi connectivity index (χ4n) is 4.67. The third-order valence-electron chi connectivity index (χ3n) is 7.10. The van der Waals surface area contributed by atoms with Gasteiger partial charge in [-0.3, -0.25) is 0 Å². The van der Waals surface area contributed by atoms with E-state index in [1.165, 1.54) is 27.9 Å². The van der Waals surface area contributed by atoms with Crippen LogP contribution in [0.1, 0.15) is 33.4 Å². The molecule has 200 valence electrons. The summed E-state index contributed by atoms with van der Waals surface area (Å²) >= 11 is 0. The molecule has 0 fully saturated rings. The molecule has 0 heterocycles. The lowest BCUT2D eigenvalue weighted by Crippen LogP contribution is -2.11. The maximum atomic E-state index is 2.34. The van der Waals surface area contributed by atoms with Crippen molar-refractivity contribution in [2.75, 3.05) is 4.90 Å². The Morgan fingerprint density at radius 3 is 1.20 bits per heavy atom. The number of rotatable bonds is 9. The molecule has 0 amide bonds. The second-order valence-electron chi connectivity index (χ2n) is 10.00. The molecular weight excluding hydrogens is 494 g/mol. The first kappa shape index (κ1) is 27.4. The van der Waals surface area contributed by atoms with Gasteiger partial charge in [0.1, 0.15) is 0 Å². The number of allylic oxidation sites excluding steroid dienone is 4. The van der Waals surface area contributed by atoms with E-state index in [1.54, 1.807) is 0 Å². The Morgan fingerprint density at radius 1 is 0.390 bits per heavy atom. The van der Waals surface area contributed by atoms with E-state index in [1.807, 2.05) is 12.1 Å². The van der Waals surface area contributed by atoms with Gasteiger partial charge in [0.25, 0.3) is 0 Å². The molecule has 0 saturated carbocycles. The minimum absolute atomic E-state index is 1.13. The highest BCUT2D eigenvalue weighted by atomic mass is 15.1. The van der Waals surface area contributed by atoms with Crippen LogP contribution in [0.25, 0.3) is 24.3 Å². The summed E-state index contributed by atoms with van der Waals surface area (Å²) in [4.78, 5) is 2.34. The van der Waals surface area contributed by atoms with Crippen LogP contribution in [0.3, 0.4) is 0 Å². The molecule has 0 aliphatic carbocycles. The molecule has 5 aromatic rings. The van der Waals surface area contributed by atoms with Crippen molar-refractivity contribution in [1.82, 2.24) is 0 Å².